The zero-order chi connectivity index (χ0) is 21.4. The molecular weight excluding hydrogens is 388 g/mol. The number of carbonyl (C=O) groups is 1. The van der Waals surface area contributed by atoms with E-state index in [2.05, 4.69) is 41.8 Å². The van der Waals surface area contributed by atoms with E-state index in [0.29, 0.717) is 24.9 Å². The maximum atomic E-state index is 12.8. The van der Waals surface area contributed by atoms with Crippen LogP contribution in [0.25, 0.3) is 0 Å². The van der Waals surface area contributed by atoms with Crippen LogP contribution in [0.3, 0.4) is 0 Å². The number of amides is 1. The largest absolute Gasteiger partial charge is 0.457 e. The maximum Gasteiger partial charge on any atom is 0.225 e. The number of para-hydroxylation sites is 1. The summed E-state index contributed by atoms with van der Waals surface area (Å²) in [5, 5.41) is 0. The molecule has 3 aliphatic rings. The molecule has 0 saturated carbocycles. The summed E-state index contributed by atoms with van der Waals surface area (Å²) in [6.07, 6.45) is 2.47. The van der Waals surface area contributed by atoms with Gasteiger partial charge >= 0.3 is 0 Å². The number of rotatable bonds is 5. The maximum absolute atomic E-state index is 12.8. The van der Waals surface area contributed by atoms with E-state index < -0.39 is 0 Å². The van der Waals surface area contributed by atoms with E-state index in [4.69, 9.17) is 9.47 Å². The van der Waals surface area contributed by atoms with Crippen molar-refractivity contribution in [3.05, 3.63) is 60.2 Å². The average Bonchev–Trinajstić information content (AvgIpc) is 3.16. The lowest BCUT2D eigenvalue weighted by Crippen LogP contribution is -2.65. The monoisotopic (exact) mass is 420 g/mol. The highest BCUT2D eigenvalue weighted by Gasteiger charge is 2.58. The van der Waals surface area contributed by atoms with E-state index in [-0.39, 0.29) is 17.7 Å². The summed E-state index contributed by atoms with van der Waals surface area (Å²) < 4.78 is 12.4. The molecule has 1 amide bonds. The molecule has 3 fully saturated rings. The van der Waals surface area contributed by atoms with Gasteiger partial charge in [0.05, 0.1) is 12.6 Å². The van der Waals surface area contributed by atoms with Crippen molar-refractivity contribution >= 4 is 5.91 Å². The summed E-state index contributed by atoms with van der Waals surface area (Å²) >= 11 is 0. The zero-order valence-corrected chi connectivity index (χ0v) is 18.5. The molecule has 2 aromatic carbocycles. The lowest BCUT2D eigenvalue weighted by atomic mass is 9.79. The molecule has 5 heteroatoms. The summed E-state index contributed by atoms with van der Waals surface area (Å²) in [6.45, 7) is 7.87. The van der Waals surface area contributed by atoms with Crippen LogP contribution in [0, 0.1) is 11.8 Å². The molecule has 164 valence electrons. The third-order valence-electron chi connectivity index (χ3n) is 7.17. The van der Waals surface area contributed by atoms with Crippen molar-refractivity contribution in [3.8, 4) is 11.5 Å². The lowest BCUT2D eigenvalue weighted by molar-refractivity contribution is -0.193. The van der Waals surface area contributed by atoms with E-state index in [0.717, 1.165) is 44.0 Å². The first kappa shape index (κ1) is 20.5. The van der Waals surface area contributed by atoms with Crippen molar-refractivity contribution in [1.29, 1.82) is 0 Å². The van der Waals surface area contributed by atoms with Crippen molar-refractivity contribution in [2.45, 2.75) is 51.4 Å². The Bertz CT molecular complexity index is 931. The van der Waals surface area contributed by atoms with Crippen LogP contribution in [0.1, 0.15) is 38.7 Å². The number of nitrogens with zero attached hydrogens (tertiary/aromatic N) is 2. The van der Waals surface area contributed by atoms with E-state index >= 15 is 0 Å². The highest BCUT2D eigenvalue weighted by molar-refractivity contribution is 5.78. The molecule has 5 rings (SSSR count). The van der Waals surface area contributed by atoms with E-state index in [1.165, 1.54) is 5.56 Å². The van der Waals surface area contributed by atoms with Gasteiger partial charge in [0.25, 0.3) is 0 Å². The minimum absolute atomic E-state index is 0.216. The first-order chi connectivity index (χ1) is 15.0. The van der Waals surface area contributed by atoms with E-state index in [1.807, 2.05) is 36.4 Å². The number of hydrogen-bond donors (Lipinski definition) is 0. The summed E-state index contributed by atoms with van der Waals surface area (Å²) in [5.74, 6) is 2.81. The molecule has 2 aromatic rings. The second kappa shape index (κ2) is 8.29. The number of likely N-dealkylation sites (tertiary alicyclic amines) is 1. The van der Waals surface area contributed by atoms with Gasteiger partial charge in [-0.05, 0) is 42.2 Å². The van der Waals surface area contributed by atoms with E-state index in [9.17, 15) is 4.79 Å². The van der Waals surface area contributed by atoms with Crippen molar-refractivity contribution in [3.63, 3.8) is 0 Å². The number of benzene rings is 2. The molecule has 0 unspecified atom stereocenters. The van der Waals surface area contributed by atoms with Crippen LogP contribution in [-0.2, 0) is 16.1 Å². The van der Waals surface area contributed by atoms with Gasteiger partial charge in [0, 0.05) is 38.4 Å². The fourth-order valence-electron chi connectivity index (χ4n) is 5.59. The number of hydrogen-bond acceptors (Lipinski definition) is 4. The summed E-state index contributed by atoms with van der Waals surface area (Å²) in [7, 11) is 0. The molecule has 0 bridgehead atoms. The van der Waals surface area contributed by atoms with Gasteiger partial charge < -0.3 is 14.4 Å². The molecule has 1 spiro atoms. The SMILES string of the molecule is CC(C)[C@H]1CO[C@]23CCN(Cc4cccc(Oc5ccccc5)c4)C[C@H]2CCC(=O)N13. The van der Waals surface area contributed by atoms with Gasteiger partial charge in [-0.2, -0.15) is 0 Å². The van der Waals surface area contributed by atoms with Gasteiger partial charge in [-0.1, -0.05) is 44.2 Å². The Hall–Kier alpha value is -2.37. The van der Waals surface area contributed by atoms with Crippen LogP contribution in [0.2, 0.25) is 0 Å². The third-order valence-corrected chi connectivity index (χ3v) is 7.17. The molecule has 0 aliphatic carbocycles. The van der Waals surface area contributed by atoms with Gasteiger partial charge in [0.15, 0.2) is 0 Å². The smallest absolute Gasteiger partial charge is 0.225 e. The molecule has 3 heterocycles. The predicted octanol–water partition coefficient (Wildman–Crippen LogP) is 4.67. The molecule has 0 aromatic heterocycles. The average molecular weight is 421 g/mol. The van der Waals surface area contributed by atoms with Crippen LogP contribution >= 0.6 is 0 Å². The number of ether oxygens (including phenoxy) is 2. The third kappa shape index (κ3) is 3.85. The molecule has 3 atom stereocenters. The molecule has 0 N–H and O–H groups in total. The Morgan fingerprint density at radius 3 is 2.74 bits per heavy atom. The van der Waals surface area contributed by atoms with Crippen LogP contribution in [-0.4, -0.2) is 47.2 Å². The van der Waals surface area contributed by atoms with Crippen molar-refractivity contribution in [1.82, 2.24) is 9.80 Å². The van der Waals surface area contributed by atoms with Crippen molar-refractivity contribution < 1.29 is 14.3 Å². The predicted molar refractivity (Wildman–Crippen MR) is 120 cm³/mol. The van der Waals surface area contributed by atoms with Crippen molar-refractivity contribution in [2.24, 2.45) is 11.8 Å². The van der Waals surface area contributed by atoms with Crippen molar-refractivity contribution in [2.75, 3.05) is 19.7 Å². The summed E-state index contributed by atoms with van der Waals surface area (Å²) in [4.78, 5) is 17.5. The zero-order valence-electron chi connectivity index (χ0n) is 18.5. The lowest BCUT2D eigenvalue weighted by Gasteiger charge is -2.53. The van der Waals surface area contributed by atoms with Gasteiger partial charge in [-0.15, -0.1) is 0 Å². The first-order valence-electron chi connectivity index (χ1n) is 11.6. The topological polar surface area (TPSA) is 42.0 Å². The highest BCUT2D eigenvalue weighted by Crippen LogP contribution is 2.47. The Balaban J connectivity index is 1.28. The fraction of sp³-hybridized carbons (Fsp3) is 0.500. The Morgan fingerprint density at radius 2 is 1.94 bits per heavy atom. The van der Waals surface area contributed by atoms with Gasteiger partial charge in [0.1, 0.15) is 17.2 Å². The molecule has 3 aliphatic heterocycles. The normalized spacial score (nSPS) is 28.5. The minimum Gasteiger partial charge on any atom is -0.457 e. The standard InChI is InChI=1S/C26H32N2O3/c1-19(2)24-18-30-26-13-14-27(17-21(26)11-12-25(29)28(24)26)16-20-7-6-10-23(15-20)31-22-8-4-3-5-9-22/h3-10,15,19,21,24H,11-14,16-18H2,1-2H3/t21-,24-,26-/m1/s1. The highest BCUT2D eigenvalue weighted by atomic mass is 16.5. The van der Waals surface area contributed by atoms with Crippen LogP contribution in [0.15, 0.2) is 54.6 Å². The van der Waals surface area contributed by atoms with E-state index in [1.54, 1.807) is 0 Å². The van der Waals surface area contributed by atoms with Crippen LogP contribution < -0.4 is 4.74 Å². The van der Waals surface area contributed by atoms with Gasteiger partial charge in [-0.25, -0.2) is 0 Å². The molecule has 31 heavy (non-hydrogen) atoms. The van der Waals surface area contributed by atoms with Crippen LogP contribution in [0.5, 0.6) is 11.5 Å². The molecule has 5 nitrogen and oxygen atoms in total. The summed E-state index contributed by atoms with van der Waals surface area (Å²) in [6, 6.07) is 18.5. The van der Waals surface area contributed by atoms with Crippen LogP contribution in [0.4, 0.5) is 0 Å². The molecule has 3 saturated heterocycles. The number of carbonyl (C=O) groups excluding carboxylic acids is 1. The van der Waals surface area contributed by atoms with Gasteiger partial charge in [0.2, 0.25) is 5.91 Å². The number of piperidine rings is 2. The Morgan fingerprint density at radius 1 is 1.13 bits per heavy atom. The molecular formula is C26H32N2O3. The first-order valence-corrected chi connectivity index (χ1v) is 11.6. The second-order valence-electron chi connectivity index (χ2n) is 9.51. The quantitative estimate of drug-likeness (QED) is 0.705. The Kier molecular flexibility index (Phi) is 5.49. The fourth-order valence-corrected chi connectivity index (χ4v) is 5.59. The Labute approximate surface area is 184 Å². The van der Waals surface area contributed by atoms with Gasteiger partial charge in [-0.3, -0.25) is 9.69 Å². The second-order valence-corrected chi connectivity index (χ2v) is 9.51. The molecule has 0 radical (unpaired) electrons. The summed E-state index contributed by atoms with van der Waals surface area (Å²) in [5.41, 5.74) is 0.875. The minimum atomic E-state index is -0.376.